The van der Waals surface area contributed by atoms with E-state index in [1.165, 1.54) is 36.1 Å². The lowest BCUT2D eigenvalue weighted by Gasteiger charge is -2.25. The zero-order valence-corrected chi connectivity index (χ0v) is 11.6. The predicted molar refractivity (Wildman–Crippen MR) is 79.4 cm³/mol. The third-order valence-electron chi connectivity index (χ3n) is 3.73. The summed E-state index contributed by atoms with van der Waals surface area (Å²) < 4.78 is 0. The molecule has 0 radical (unpaired) electrons. The summed E-state index contributed by atoms with van der Waals surface area (Å²) in [6.07, 6.45) is 4.92. The quantitative estimate of drug-likeness (QED) is 0.832. The molecule has 0 aliphatic heterocycles. The van der Waals surface area contributed by atoms with Gasteiger partial charge in [0.1, 0.15) is 0 Å². The van der Waals surface area contributed by atoms with Crippen LogP contribution in [0.1, 0.15) is 41.8 Å². The first kappa shape index (κ1) is 11.8. The van der Waals surface area contributed by atoms with Crippen molar-refractivity contribution in [3.05, 3.63) is 51.7 Å². The number of rotatable bonds is 3. The van der Waals surface area contributed by atoms with E-state index in [9.17, 15) is 0 Å². The van der Waals surface area contributed by atoms with Crippen molar-refractivity contribution in [1.82, 2.24) is 0 Å². The lowest BCUT2D eigenvalue weighted by molar-refractivity contribution is 0.609. The van der Waals surface area contributed by atoms with Gasteiger partial charge in [-0.25, -0.2) is 0 Å². The number of hydrogen-bond donors (Lipinski definition) is 1. The van der Waals surface area contributed by atoms with Gasteiger partial charge in [0.05, 0.1) is 6.04 Å². The molecule has 0 spiro atoms. The highest BCUT2D eigenvalue weighted by Crippen LogP contribution is 2.35. The number of aryl methyl sites for hydroxylation is 2. The van der Waals surface area contributed by atoms with Crippen LogP contribution >= 0.6 is 11.3 Å². The number of thiophene rings is 1. The Labute approximate surface area is 113 Å². The Balaban J connectivity index is 1.81. The number of hydrogen-bond acceptors (Lipinski definition) is 2. The minimum absolute atomic E-state index is 0.507. The second kappa shape index (κ2) is 5.15. The Morgan fingerprint density at radius 3 is 3.17 bits per heavy atom. The number of benzene rings is 1. The molecule has 1 unspecified atom stereocenters. The molecule has 18 heavy (non-hydrogen) atoms. The van der Waals surface area contributed by atoms with E-state index in [1.54, 1.807) is 4.88 Å². The zero-order valence-electron chi connectivity index (χ0n) is 10.8. The van der Waals surface area contributed by atoms with Crippen molar-refractivity contribution < 1.29 is 0 Å². The van der Waals surface area contributed by atoms with Gasteiger partial charge in [0, 0.05) is 10.6 Å². The Kier molecular flexibility index (Phi) is 3.37. The molecule has 0 bridgehead atoms. The number of anilines is 1. The molecule has 0 saturated heterocycles. The monoisotopic (exact) mass is 257 g/mol. The summed E-state index contributed by atoms with van der Waals surface area (Å²) in [7, 11) is 0. The van der Waals surface area contributed by atoms with Crippen LogP contribution in [0.25, 0.3) is 0 Å². The maximum Gasteiger partial charge on any atom is 0.0524 e. The van der Waals surface area contributed by atoms with Crippen molar-refractivity contribution in [3.8, 4) is 0 Å². The largest absolute Gasteiger partial charge is 0.378 e. The zero-order chi connectivity index (χ0) is 12.4. The highest BCUT2D eigenvalue weighted by atomic mass is 32.1. The van der Waals surface area contributed by atoms with Crippen molar-refractivity contribution >= 4 is 17.0 Å². The standard InChI is InChI=1S/C16H19NS/c1-2-12-5-3-6-13(11-12)17-15-7-4-8-16-14(15)9-10-18-16/h3,5-6,9-11,15,17H,2,4,7-8H2,1H3. The smallest absolute Gasteiger partial charge is 0.0524 e. The van der Waals surface area contributed by atoms with E-state index in [2.05, 4.69) is 48.0 Å². The van der Waals surface area contributed by atoms with Crippen LogP contribution in [-0.4, -0.2) is 0 Å². The summed E-state index contributed by atoms with van der Waals surface area (Å²) in [6, 6.07) is 11.6. The van der Waals surface area contributed by atoms with Crippen LogP contribution in [0.3, 0.4) is 0 Å². The molecule has 3 rings (SSSR count). The average molecular weight is 257 g/mol. The maximum atomic E-state index is 3.70. The molecule has 94 valence electrons. The van der Waals surface area contributed by atoms with E-state index >= 15 is 0 Å². The molecule has 0 fully saturated rings. The van der Waals surface area contributed by atoms with Crippen LogP contribution in [0, 0.1) is 0 Å². The van der Waals surface area contributed by atoms with E-state index in [-0.39, 0.29) is 0 Å². The van der Waals surface area contributed by atoms with Crippen molar-refractivity contribution in [1.29, 1.82) is 0 Å². The lowest BCUT2D eigenvalue weighted by atomic mass is 9.94. The van der Waals surface area contributed by atoms with Gasteiger partial charge >= 0.3 is 0 Å². The molecular formula is C16H19NS. The summed E-state index contributed by atoms with van der Waals surface area (Å²) in [5.74, 6) is 0. The Bertz CT molecular complexity index is 529. The normalized spacial score (nSPS) is 18.4. The number of fused-ring (bicyclic) bond motifs is 1. The molecular weight excluding hydrogens is 238 g/mol. The third kappa shape index (κ3) is 2.30. The van der Waals surface area contributed by atoms with Crippen LogP contribution in [0.2, 0.25) is 0 Å². The fraction of sp³-hybridized carbons (Fsp3) is 0.375. The van der Waals surface area contributed by atoms with E-state index in [1.807, 2.05) is 11.3 Å². The predicted octanol–water partition coefficient (Wildman–Crippen LogP) is 4.80. The molecule has 1 N–H and O–H groups in total. The SMILES string of the molecule is CCc1cccc(NC2CCCc3sccc32)c1. The second-order valence-corrected chi connectivity index (χ2v) is 5.94. The fourth-order valence-corrected chi connectivity index (χ4v) is 3.71. The van der Waals surface area contributed by atoms with Crippen LogP contribution in [-0.2, 0) is 12.8 Å². The summed E-state index contributed by atoms with van der Waals surface area (Å²) in [4.78, 5) is 1.57. The van der Waals surface area contributed by atoms with E-state index in [4.69, 9.17) is 0 Å². The summed E-state index contributed by atoms with van der Waals surface area (Å²) >= 11 is 1.91. The summed E-state index contributed by atoms with van der Waals surface area (Å²) in [5.41, 5.74) is 4.19. The maximum absolute atomic E-state index is 3.70. The molecule has 2 heteroatoms. The van der Waals surface area contributed by atoms with Crippen LogP contribution < -0.4 is 5.32 Å². The second-order valence-electron chi connectivity index (χ2n) is 4.94. The van der Waals surface area contributed by atoms with Gasteiger partial charge in [0.2, 0.25) is 0 Å². The molecule has 0 saturated carbocycles. The first-order chi connectivity index (χ1) is 8.86. The molecule has 1 nitrogen and oxygen atoms in total. The van der Waals surface area contributed by atoms with Gasteiger partial charge in [0.25, 0.3) is 0 Å². The van der Waals surface area contributed by atoms with E-state index in [0.717, 1.165) is 6.42 Å². The van der Waals surface area contributed by atoms with E-state index < -0.39 is 0 Å². The van der Waals surface area contributed by atoms with Crippen molar-refractivity contribution in [2.24, 2.45) is 0 Å². The first-order valence-corrected chi connectivity index (χ1v) is 7.66. The lowest BCUT2D eigenvalue weighted by Crippen LogP contribution is -2.15. The topological polar surface area (TPSA) is 12.0 Å². The third-order valence-corrected chi connectivity index (χ3v) is 4.72. The van der Waals surface area contributed by atoms with Crippen LogP contribution in [0.15, 0.2) is 35.7 Å². The molecule has 2 aromatic rings. The number of nitrogens with one attached hydrogen (secondary N) is 1. The van der Waals surface area contributed by atoms with Gasteiger partial charge in [-0.2, -0.15) is 0 Å². The Morgan fingerprint density at radius 2 is 2.28 bits per heavy atom. The van der Waals surface area contributed by atoms with Gasteiger partial charge in [-0.1, -0.05) is 19.1 Å². The molecule has 1 aliphatic carbocycles. The van der Waals surface area contributed by atoms with E-state index in [0.29, 0.717) is 6.04 Å². The minimum Gasteiger partial charge on any atom is -0.378 e. The summed E-state index contributed by atoms with van der Waals surface area (Å²) in [5, 5.41) is 5.93. The van der Waals surface area contributed by atoms with Crippen LogP contribution in [0.4, 0.5) is 5.69 Å². The van der Waals surface area contributed by atoms with Gasteiger partial charge in [-0.05, 0) is 60.4 Å². The minimum atomic E-state index is 0.507. The molecule has 1 aromatic heterocycles. The molecule has 1 atom stereocenters. The highest BCUT2D eigenvalue weighted by Gasteiger charge is 2.20. The highest BCUT2D eigenvalue weighted by molar-refractivity contribution is 7.10. The Morgan fingerprint density at radius 1 is 1.33 bits per heavy atom. The van der Waals surface area contributed by atoms with Gasteiger partial charge in [0.15, 0.2) is 0 Å². The average Bonchev–Trinajstić information content (AvgIpc) is 2.88. The first-order valence-electron chi connectivity index (χ1n) is 6.78. The van der Waals surface area contributed by atoms with Crippen molar-refractivity contribution in [2.45, 2.75) is 38.6 Å². The molecule has 1 aromatic carbocycles. The Hall–Kier alpha value is -1.28. The van der Waals surface area contributed by atoms with Gasteiger partial charge in [-0.15, -0.1) is 11.3 Å². The van der Waals surface area contributed by atoms with Gasteiger partial charge < -0.3 is 5.32 Å². The van der Waals surface area contributed by atoms with Crippen molar-refractivity contribution in [2.75, 3.05) is 5.32 Å². The van der Waals surface area contributed by atoms with Gasteiger partial charge in [-0.3, -0.25) is 0 Å². The summed E-state index contributed by atoms with van der Waals surface area (Å²) in [6.45, 7) is 2.21. The molecule has 1 aliphatic rings. The van der Waals surface area contributed by atoms with Crippen molar-refractivity contribution in [3.63, 3.8) is 0 Å². The molecule has 0 amide bonds. The van der Waals surface area contributed by atoms with Crippen LogP contribution in [0.5, 0.6) is 0 Å². The fourth-order valence-electron chi connectivity index (χ4n) is 2.72. The molecule has 1 heterocycles.